The second kappa shape index (κ2) is 9.29. The Balaban J connectivity index is 1.49. The van der Waals surface area contributed by atoms with E-state index in [4.69, 9.17) is 0 Å². The Morgan fingerprint density at radius 1 is 1.00 bits per heavy atom. The summed E-state index contributed by atoms with van der Waals surface area (Å²) in [5, 5.41) is 11.2. The van der Waals surface area contributed by atoms with Crippen LogP contribution in [0.3, 0.4) is 0 Å². The van der Waals surface area contributed by atoms with Crippen LogP contribution in [0.2, 0.25) is 0 Å². The Bertz CT molecular complexity index is 1250. The SMILES string of the molecule is O=C(Nc1cc(C(F)(F)F)ccc1-n1cccn1)c1ccc(CNC(=O)c2cccs2)cc1. The fourth-order valence-electron chi connectivity index (χ4n) is 3.07. The van der Waals surface area contributed by atoms with Gasteiger partial charge in [0, 0.05) is 24.5 Å². The molecule has 0 radical (unpaired) electrons. The van der Waals surface area contributed by atoms with E-state index >= 15 is 0 Å². The van der Waals surface area contributed by atoms with E-state index in [0.29, 0.717) is 10.6 Å². The standard InChI is InChI=1S/C23H17F3N4O2S/c24-23(25,26)17-8-9-19(30-11-2-10-28-30)18(13-17)29-21(31)16-6-4-15(5-7-16)14-27-22(32)20-3-1-12-33-20/h1-13H,14H2,(H,27,32)(H,29,31). The zero-order valence-corrected chi connectivity index (χ0v) is 17.8. The van der Waals surface area contributed by atoms with E-state index in [0.717, 1.165) is 17.7 Å². The number of thiophene rings is 1. The molecule has 2 N–H and O–H groups in total. The molecule has 168 valence electrons. The minimum Gasteiger partial charge on any atom is -0.347 e. The maximum Gasteiger partial charge on any atom is 0.416 e. The van der Waals surface area contributed by atoms with Gasteiger partial charge in [-0.1, -0.05) is 18.2 Å². The number of nitrogens with one attached hydrogen (secondary N) is 2. The zero-order chi connectivity index (χ0) is 23.4. The molecule has 4 rings (SSSR count). The third-order valence-corrected chi connectivity index (χ3v) is 5.61. The lowest BCUT2D eigenvalue weighted by molar-refractivity contribution is -0.137. The third kappa shape index (κ3) is 5.29. The summed E-state index contributed by atoms with van der Waals surface area (Å²) >= 11 is 1.33. The van der Waals surface area contributed by atoms with Crippen LogP contribution in [0.5, 0.6) is 0 Å². The summed E-state index contributed by atoms with van der Waals surface area (Å²) < 4.78 is 41.0. The van der Waals surface area contributed by atoms with Crippen molar-refractivity contribution in [3.05, 3.63) is 100 Å². The maximum atomic E-state index is 13.2. The van der Waals surface area contributed by atoms with Gasteiger partial charge in [0.15, 0.2) is 0 Å². The van der Waals surface area contributed by atoms with Crippen molar-refractivity contribution in [2.45, 2.75) is 12.7 Å². The molecule has 2 heterocycles. The first kappa shape index (κ1) is 22.3. The Kier molecular flexibility index (Phi) is 6.27. The number of nitrogens with zero attached hydrogens (tertiary/aromatic N) is 2. The van der Waals surface area contributed by atoms with E-state index in [1.54, 1.807) is 48.7 Å². The van der Waals surface area contributed by atoms with E-state index in [2.05, 4.69) is 15.7 Å². The Morgan fingerprint density at radius 2 is 1.79 bits per heavy atom. The zero-order valence-electron chi connectivity index (χ0n) is 17.0. The Hall–Kier alpha value is -3.92. The van der Waals surface area contributed by atoms with Crippen LogP contribution >= 0.6 is 11.3 Å². The molecule has 2 aromatic heterocycles. The number of hydrogen-bond acceptors (Lipinski definition) is 4. The first-order valence-corrected chi connectivity index (χ1v) is 10.6. The highest BCUT2D eigenvalue weighted by Gasteiger charge is 2.31. The van der Waals surface area contributed by atoms with Crippen molar-refractivity contribution in [3.63, 3.8) is 0 Å². The molecule has 0 aliphatic carbocycles. The highest BCUT2D eigenvalue weighted by Crippen LogP contribution is 2.33. The van der Waals surface area contributed by atoms with Crippen LogP contribution in [0.4, 0.5) is 18.9 Å². The molecule has 0 unspecified atom stereocenters. The number of benzene rings is 2. The lowest BCUT2D eigenvalue weighted by Crippen LogP contribution is -2.21. The number of hydrogen-bond donors (Lipinski definition) is 2. The van der Waals surface area contributed by atoms with Gasteiger partial charge in [0.05, 0.1) is 21.8 Å². The van der Waals surface area contributed by atoms with Crippen LogP contribution in [0.25, 0.3) is 5.69 Å². The quantitative estimate of drug-likeness (QED) is 0.410. The molecule has 10 heteroatoms. The number of aromatic nitrogens is 2. The average molecular weight is 470 g/mol. The second-order valence-electron chi connectivity index (χ2n) is 6.99. The third-order valence-electron chi connectivity index (χ3n) is 4.74. The number of halogens is 3. The summed E-state index contributed by atoms with van der Waals surface area (Å²) in [7, 11) is 0. The van der Waals surface area contributed by atoms with Crippen molar-refractivity contribution in [3.8, 4) is 5.69 Å². The lowest BCUT2D eigenvalue weighted by Gasteiger charge is -2.15. The van der Waals surface area contributed by atoms with Crippen LogP contribution in [0, 0.1) is 0 Å². The van der Waals surface area contributed by atoms with Crippen molar-refractivity contribution < 1.29 is 22.8 Å². The van der Waals surface area contributed by atoms with E-state index in [-0.39, 0.29) is 23.7 Å². The van der Waals surface area contributed by atoms with E-state index in [1.807, 2.05) is 5.38 Å². The molecule has 0 atom stereocenters. The summed E-state index contributed by atoms with van der Waals surface area (Å²) in [6.07, 6.45) is -1.51. The van der Waals surface area contributed by atoms with Gasteiger partial charge in [0.1, 0.15) is 0 Å². The lowest BCUT2D eigenvalue weighted by atomic mass is 10.1. The first-order valence-electron chi connectivity index (χ1n) is 9.74. The average Bonchev–Trinajstić information content (AvgIpc) is 3.51. The van der Waals surface area contributed by atoms with Crippen molar-refractivity contribution in [2.75, 3.05) is 5.32 Å². The normalized spacial score (nSPS) is 11.2. The van der Waals surface area contributed by atoms with Gasteiger partial charge in [-0.05, 0) is 53.4 Å². The number of carbonyl (C=O) groups excluding carboxylic acids is 2. The Morgan fingerprint density at radius 3 is 2.42 bits per heavy atom. The van der Waals surface area contributed by atoms with Crippen LogP contribution < -0.4 is 10.6 Å². The Labute approximate surface area is 190 Å². The van der Waals surface area contributed by atoms with Gasteiger partial charge in [-0.25, -0.2) is 4.68 Å². The summed E-state index contributed by atoms with van der Waals surface area (Å²) in [5.41, 5.74) is 0.422. The smallest absolute Gasteiger partial charge is 0.347 e. The summed E-state index contributed by atoms with van der Waals surface area (Å²) in [5.74, 6) is -0.764. The van der Waals surface area contributed by atoms with E-state index < -0.39 is 17.6 Å². The molecule has 4 aromatic rings. The van der Waals surface area contributed by atoms with Gasteiger partial charge < -0.3 is 10.6 Å². The molecule has 2 aromatic carbocycles. The topological polar surface area (TPSA) is 76.0 Å². The van der Waals surface area contributed by atoms with Gasteiger partial charge in [0.2, 0.25) is 0 Å². The van der Waals surface area contributed by atoms with Crippen LogP contribution in [-0.2, 0) is 12.7 Å². The highest BCUT2D eigenvalue weighted by atomic mass is 32.1. The minimum absolute atomic E-state index is 0.0224. The molecule has 2 amide bonds. The van der Waals surface area contributed by atoms with E-state index in [9.17, 15) is 22.8 Å². The molecule has 0 saturated heterocycles. The predicted molar refractivity (Wildman–Crippen MR) is 118 cm³/mol. The van der Waals surface area contributed by atoms with Crippen LogP contribution in [0.15, 0.2) is 78.4 Å². The largest absolute Gasteiger partial charge is 0.416 e. The molecule has 0 aliphatic rings. The van der Waals surface area contributed by atoms with Gasteiger partial charge in [-0.15, -0.1) is 11.3 Å². The van der Waals surface area contributed by atoms with Crippen LogP contribution in [0.1, 0.15) is 31.2 Å². The first-order chi connectivity index (χ1) is 15.8. The number of amides is 2. The number of alkyl halides is 3. The fraction of sp³-hybridized carbons (Fsp3) is 0.0870. The fourth-order valence-corrected chi connectivity index (χ4v) is 3.71. The van der Waals surface area contributed by atoms with Crippen molar-refractivity contribution in [1.29, 1.82) is 0 Å². The monoisotopic (exact) mass is 470 g/mol. The molecule has 0 fully saturated rings. The number of carbonyl (C=O) groups is 2. The summed E-state index contributed by atoms with van der Waals surface area (Å²) in [4.78, 5) is 25.4. The molecule has 0 bridgehead atoms. The molecule has 6 nitrogen and oxygen atoms in total. The van der Waals surface area contributed by atoms with Crippen LogP contribution in [-0.4, -0.2) is 21.6 Å². The maximum absolute atomic E-state index is 13.2. The second-order valence-corrected chi connectivity index (χ2v) is 7.94. The van der Waals surface area contributed by atoms with Crippen molar-refractivity contribution >= 4 is 28.8 Å². The predicted octanol–water partition coefficient (Wildman–Crippen LogP) is 5.13. The molecule has 0 spiro atoms. The minimum atomic E-state index is -4.56. The molecule has 0 saturated carbocycles. The van der Waals surface area contributed by atoms with Gasteiger partial charge >= 0.3 is 6.18 Å². The summed E-state index contributed by atoms with van der Waals surface area (Å²) in [6, 6.07) is 14.6. The highest BCUT2D eigenvalue weighted by molar-refractivity contribution is 7.12. The van der Waals surface area contributed by atoms with Gasteiger partial charge in [0.25, 0.3) is 11.8 Å². The van der Waals surface area contributed by atoms with Crippen molar-refractivity contribution in [1.82, 2.24) is 15.1 Å². The molecule has 33 heavy (non-hydrogen) atoms. The van der Waals surface area contributed by atoms with Gasteiger partial charge in [-0.3, -0.25) is 9.59 Å². The molecular formula is C23H17F3N4O2S. The number of rotatable bonds is 6. The summed E-state index contributed by atoms with van der Waals surface area (Å²) in [6.45, 7) is 0.274. The molecular weight excluding hydrogens is 453 g/mol. The molecule has 0 aliphatic heterocycles. The van der Waals surface area contributed by atoms with Crippen molar-refractivity contribution in [2.24, 2.45) is 0 Å². The van der Waals surface area contributed by atoms with E-state index in [1.165, 1.54) is 28.3 Å². The van der Waals surface area contributed by atoms with Gasteiger partial charge in [-0.2, -0.15) is 18.3 Å². The number of anilines is 1.